The fourth-order valence-electron chi connectivity index (χ4n) is 3.29. The van der Waals surface area contributed by atoms with Gasteiger partial charge in [-0.3, -0.25) is 19.1 Å². The highest BCUT2D eigenvalue weighted by molar-refractivity contribution is 8.09. The molecule has 2 aromatic heterocycles. The number of imidazole rings is 1. The van der Waals surface area contributed by atoms with Crippen molar-refractivity contribution in [1.29, 1.82) is 0 Å². The van der Waals surface area contributed by atoms with Crippen LogP contribution in [-0.4, -0.2) is 65.7 Å². The van der Waals surface area contributed by atoms with Crippen LogP contribution in [0.4, 0.5) is 10.3 Å². The molecule has 0 spiro atoms. The molecule has 2 heterocycles. The molecule has 0 fully saturated rings. The van der Waals surface area contributed by atoms with E-state index in [1.807, 2.05) is 0 Å². The minimum atomic E-state index is -3.45. The van der Waals surface area contributed by atoms with Crippen LogP contribution in [0, 0.1) is 0 Å². The van der Waals surface area contributed by atoms with E-state index in [-0.39, 0.29) is 29.8 Å². The first-order valence-electron chi connectivity index (χ1n) is 11.7. The van der Waals surface area contributed by atoms with Gasteiger partial charge in [0.2, 0.25) is 5.95 Å². The number of aromatic amines is 1. The summed E-state index contributed by atoms with van der Waals surface area (Å²) < 4.78 is 33.0. The zero-order chi connectivity index (χ0) is 29.0. The van der Waals surface area contributed by atoms with Crippen LogP contribution in [0.3, 0.4) is 0 Å². The number of alkyl halides is 2. The molecular formula is C22H29ClFN6O7PS. The number of fused-ring (bicyclic) bond motifs is 1. The van der Waals surface area contributed by atoms with Crippen molar-refractivity contribution in [1.82, 2.24) is 24.6 Å². The Kier molecular flexibility index (Phi) is 10.0. The molecule has 0 aliphatic heterocycles. The number of H-pyrrole nitrogens is 1. The molecule has 39 heavy (non-hydrogen) atoms. The maximum atomic E-state index is 15.5. The van der Waals surface area contributed by atoms with Crippen molar-refractivity contribution in [2.75, 3.05) is 12.3 Å². The topological polar surface area (TPSA) is 187 Å². The first-order chi connectivity index (χ1) is 18.2. The number of para-hydroxylation sites is 1. The average Bonchev–Trinajstić information content (AvgIpc) is 3.27. The predicted octanol–water partition coefficient (Wildman–Crippen LogP) is 2.10. The van der Waals surface area contributed by atoms with Crippen molar-refractivity contribution in [2.24, 2.45) is 0 Å². The molecular weight excluding hydrogens is 578 g/mol. The minimum absolute atomic E-state index is 0.219. The Hall–Kier alpha value is -2.65. The van der Waals surface area contributed by atoms with Crippen LogP contribution >= 0.6 is 18.2 Å². The number of nitrogens with one attached hydrogen (secondary N) is 2. The van der Waals surface area contributed by atoms with Gasteiger partial charge in [0, 0.05) is 6.42 Å². The van der Waals surface area contributed by atoms with E-state index < -0.39 is 48.1 Å². The molecule has 0 saturated heterocycles. The first kappa shape index (κ1) is 30.9. The summed E-state index contributed by atoms with van der Waals surface area (Å²) >= 11 is 11.5. The lowest BCUT2D eigenvalue weighted by molar-refractivity contribution is -0.149. The highest BCUT2D eigenvalue weighted by Gasteiger charge is 2.45. The Balaban J connectivity index is 1.72. The standard InChI is InChI=1S/C22H29ClFN6O7PS/c1-12(2)36-19(33)13(3)29-38(39,37-14-7-5-4-6-8-14)35-10-9-15(31)22(23,24)20(34)30-11-26-16-17(30)27-21(25)28-18(16)32/h4-8,11-13,15,20,31,34H,9-10H2,1-3H3,(H,29,39)(H3,25,27,28,32). The molecule has 17 heteroatoms. The minimum Gasteiger partial charge on any atom is -0.462 e. The number of esters is 1. The van der Waals surface area contributed by atoms with Gasteiger partial charge in [-0.05, 0) is 44.7 Å². The quantitative estimate of drug-likeness (QED) is 0.108. The third-order valence-corrected chi connectivity index (χ3v) is 8.16. The van der Waals surface area contributed by atoms with E-state index in [9.17, 15) is 19.8 Å². The summed E-state index contributed by atoms with van der Waals surface area (Å²) in [4.78, 5) is 34.1. The summed E-state index contributed by atoms with van der Waals surface area (Å²) in [6, 6.07) is 7.51. The second kappa shape index (κ2) is 12.7. The van der Waals surface area contributed by atoms with Crippen LogP contribution < -0.4 is 20.9 Å². The van der Waals surface area contributed by atoms with E-state index in [2.05, 4.69) is 20.0 Å². The van der Waals surface area contributed by atoms with Crippen LogP contribution in [0.15, 0.2) is 41.5 Å². The Bertz CT molecular complexity index is 1390. The molecule has 214 valence electrons. The zero-order valence-electron chi connectivity index (χ0n) is 21.2. The van der Waals surface area contributed by atoms with Crippen molar-refractivity contribution in [3.8, 4) is 5.75 Å². The third-order valence-electron chi connectivity index (χ3n) is 5.18. The Morgan fingerprint density at radius 3 is 2.64 bits per heavy atom. The van der Waals surface area contributed by atoms with E-state index in [0.717, 1.165) is 10.9 Å². The zero-order valence-corrected chi connectivity index (χ0v) is 23.6. The van der Waals surface area contributed by atoms with Gasteiger partial charge in [0.1, 0.15) is 17.9 Å². The summed E-state index contributed by atoms with van der Waals surface area (Å²) in [5, 5.41) is 20.8. The second-order valence-corrected chi connectivity index (χ2v) is 12.4. The molecule has 0 bridgehead atoms. The Labute approximate surface area is 232 Å². The molecule has 0 saturated carbocycles. The number of nitrogens with zero attached hydrogens (tertiary/aromatic N) is 3. The van der Waals surface area contributed by atoms with E-state index in [1.165, 1.54) is 6.92 Å². The van der Waals surface area contributed by atoms with Crippen molar-refractivity contribution >= 4 is 53.1 Å². The monoisotopic (exact) mass is 606 g/mol. The number of ether oxygens (including phenoxy) is 1. The van der Waals surface area contributed by atoms with Gasteiger partial charge in [0.15, 0.2) is 17.4 Å². The molecule has 3 aromatic rings. The number of aliphatic hydroxyl groups is 2. The maximum absolute atomic E-state index is 15.5. The predicted molar refractivity (Wildman–Crippen MR) is 145 cm³/mol. The van der Waals surface area contributed by atoms with Crippen molar-refractivity contribution in [3.63, 3.8) is 0 Å². The van der Waals surface area contributed by atoms with Crippen molar-refractivity contribution in [3.05, 3.63) is 47.0 Å². The van der Waals surface area contributed by atoms with E-state index in [4.69, 9.17) is 42.9 Å². The largest absolute Gasteiger partial charge is 0.462 e. The molecule has 0 aliphatic rings. The van der Waals surface area contributed by atoms with Crippen LogP contribution in [-0.2, 0) is 25.9 Å². The van der Waals surface area contributed by atoms with Gasteiger partial charge in [0.05, 0.1) is 19.0 Å². The molecule has 5 unspecified atom stereocenters. The van der Waals surface area contributed by atoms with Crippen LogP contribution in [0.2, 0.25) is 0 Å². The smallest absolute Gasteiger partial charge is 0.323 e. The highest BCUT2D eigenvalue weighted by atomic mass is 35.5. The summed E-state index contributed by atoms with van der Waals surface area (Å²) in [7, 11) is 0. The summed E-state index contributed by atoms with van der Waals surface area (Å²) in [5.74, 6) is -0.538. The first-order valence-corrected chi connectivity index (χ1v) is 14.7. The number of nitrogens with two attached hydrogens (primary N) is 1. The number of carbonyl (C=O) groups is 1. The molecule has 0 radical (unpaired) electrons. The molecule has 3 rings (SSSR count). The van der Waals surface area contributed by atoms with E-state index >= 15 is 4.39 Å². The number of benzene rings is 1. The summed E-state index contributed by atoms with van der Waals surface area (Å²) in [6.07, 6.45) is -4.11. The van der Waals surface area contributed by atoms with Crippen molar-refractivity contribution < 1.29 is 33.2 Å². The Morgan fingerprint density at radius 2 is 2.00 bits per heavy atom. The van der Waals surface area contributed by atoms with Crippen molar-refractivity contribution in [2.45, 2.75) is 56.8 Å². The number of hydrogen-bond acceptors (Lipinski definition) is 11. The molecule has 13 nitrogen and oxygen atoms in total. The number of aliphatic hydroxyl groups excluding tert-OH is 2. The van der Waals surface area contributed by atoms with Gasteiger partial charge in [0.25, 0.3) is 10.7 Å². The maximum Gasteiger partial charge on any atom is 0.323 e. The number of halogens is 2. The number of anilines is 1. The fourth-order valence-corrected chi connectivity index (χ4v) is 5.97. The number of nitrogen functional groups attached to an aromatic ring is 1. The molecule has 0 amide bonds. The molecule has 0 aliphatic carbocycles. The normalized spacial score (nSPS) is 17.2. The van der Waals surface area contributed by atoms with Crippen LogP contribution in [0.25, 0.3) is 11.2 Å². The number of rotatable bonds is 13. The molecule has 1 aromatic carbocycles. The molecule has 5 atom stereocenters. The SMILES string of the molecule is CC(C)OC(=O)C(C)NP(=S)(OCCC(O)C(F)(Cl)C(O)n1cnc2c(=O)[nH]c(N)nc21)Oc1ccccc1. The van der Waals surface area contributed by atoms with Gasteiger partial charge < -0.3 is 29.7 Å². The number of carbonyl (C=O) groups excluding carboxylic acids is 1. The lowest BCUT2D eigenvalue weighted by Crippen LogP contribution is -2.42. The summed E-state index contributed by atoms with van der Waals surface area (Å²) in [6.45, 7) is 1.06. The van der Waals surface area contributed by atoms with Gasteiger partial charge in [-0.25, -0.2) is 14.5 Å². The summed E-state index contributed by atoms with van der Waals surface area (Å²) in [5.41, 5.74) is 4.35. The van der Waals surface area contributed by atoms with Gasteiger partial charge in [-0.1, -0.05) is 29.8 Å². The van der Waals surface area contributed by atoms with Gasteiger partial charge in [-0.2, -0.15) is 4.98 Å². The van der Waals surface area contributed by atoms with Gasteiger partial charge in [-0.15, -0.1) is 0 Å². The van der Waals surface area contributed by atoms with Gasteiger partial charge >= 0.3 is 12.6 Å². The average molecular weight is 607 g/mol. The van der Waals surface area contributed by atoms with E-state index in [1.54, 1.807) is 44.2 Å². The number of aromatic nitrogens is 4. The van der Waals surface area contributed by atoms with E-state index in [0.29, 0.717) is 5.75 Å². The van der Waals surface area contributed by atoms with Crippen LogP contribution in [0.5, 0.6) is 5.75 Å². The number of hydrogen-bond donors (Lipinski definition) is 5. The molecule has 6 N–H and O–H groups in total. The third kappa shape index (κ3) is 7.72. The fraction of sp³-hybridized carbons (Fsp3) is 0.455. The lowest BCUT2D eigenvalue weighted by Gasteiger charge is -2.30. The van der Waals surface area contributed by atoms with Crippen LogP contribution in [0.1, 0.15) is 33.4 Å². The Morgan fingerprint density at radius 1 is 1.33 bits per heavy atom. The second-order valence-electron chi connectivity index (χ2n) is 8.70. The lowest BCUT2D eigenvalue weighted by atomic mass is 10.1. The highest BCUT2D eigenvalue weighted by Crippen LogP contribution is 2.46.